The highest BCUT2D eigenvalue weighted by Crippen LogP contribution is 2.20. The van der Waals surface area contributed by atoms with Crippen LogP contribution in [0.1, 0.15) is 25.5 Å². The van der Waals surface area contributed by atoms with Gasteiger partial charge < -0.3 is 10.6 Å². The van der Waals surface area contributed by atoms with Crippen LogP contribution in [0.5, 0.6) is 0 Å². The van der Waals surface area contributed by atoms with Gasteiger partial charge in [0.25, 0.3) is 5.91 Å². The van der Waals surface area contributed by atoms with E-state index in [1.165, 1.54) is 11.3 Å². The summed E-state index contributed by atoms with van der Waals surface area (Å²) in [6.45, 7) is 2.47. The molecular formula is C16H18N6O3S. The molecule has 0 saturated carbocycles. The fourth-order valence-electron chi connectivity index (χ4n) is 2.51. The second kappa shape index (κ2) is 8.00. The molecule has 10 heteroatoms. The van der Waals surface area contributed by atoms with E-state index < -0.39 is 12.1 Å². The van der Waals surface area contributed by atoms with Crippen LogP contribution in [0.2, 0.25) is 0 Å². The van der Waals surface area contributed by atoms with E-state index in [4.69, 9.17) is 0 Å². The molecule has 136 valence electrons. The number of hydrogen-bond acceptors (Lipinski definition) is 7. The number of amides is 4. The second-order valence-electron chi connectivity index (χ2n) is 5.71. The standard InChI is InChI=1S/C16H18N6O3S/c1-2-5-22-15(24)11(21-16(22)25)6-13(23)19-7-10-9-26-14(20-10)12-8-17-3-4-18-12/h3-4,8-9,11H,2,5-7H2,1H3,(H,19,23)(H,21,25)/t11-/m1/s1. The summed E-state index contributed by atoms with van der Waals surface area (Å²) in [5.41, 5.74) is 1.36. The van der Waals surface area contributed by atoms with Crippen molar-refractivity contribution in [2.24, 2.45) is 0 Å². The fourth-order valence-corrected chi connectivity index (χ4v) is 3.29. The predicted octanol–water partition coefficient (Wildman–Crippen LogP) is 0.937. The topological polar surface area (TPSA) is 117 Å². The number of thiazole rings is 1. The minimum atomic E-state index is -0.806. The lowest BCUT2D eigenvalue weighted by Gasteiger charge is -2.11. The first kappa shape index (κ1) is 17.9. The van der Waals surface area contributed by atoms with Crippen molar-refractivity contribution in [3.63, 3.8) is 0 Å². The smallest absolute Gasteiger partial charge is 0.324 e. The predicted molar refractivity (Wildman–Crippen MR) is 93.9 cm³/mol. The summed E-state index contributed by atoms with van der Waals surface area (Å²) < 4.78 is 0. The molecule has 2 aromatic rings. The lowest BCUT2D eigenvalue weighted by Crippen LogP contribution is -2.36. The SMILES string of the molecule is CCCN1C(=O)N[C@H](CC(=O)NCc2csc(-c3cnccn3)n2)C1=O. The average Bonchev–Trinajstić information content (AvgIpc) is 3.22. The van der Waals surface area contributed by atoms with Gasteiger partial charge in [-0.15, -0.1) is 11.3 Å². The van der Waals surface area contributed by atoms with Gasteiger partial charge in [0.05, 0.1) is 24.9 Å². The minimum Gasteiger partial charge on any atom is -0.350 e. The highest BCUT2D eigenvalue weighted by molar-refractivity contribution is 7.13. The van der Waals surface area contributed by atoms with Gasteiger partial charge in [-0.3, -0.25) is 24.5 Å². The molecule has 1 fully saturated rings. The minimum absolute atomic E-state index is 0.0913. The molecule has 3 heterocycles. The van der Waals surface area contributed by atoms with E-state index in [2.05, 4.69) is 25.6 Å². The van der Waals surface area contributed by atoms with Crippen molar-refractivity contribution in [3.8, 4) is 10.7 Å². The van der Waals surface area contributed by atoms with Gasteiger partial charge in [-0.2, -0.15) is 0 Å². The maximum absolute atomic E-state index is 12.1. The normalized spacial score (nSPS) is 16.7. The number of rotatable bonds is 7. The van der Waals surface area contributed by atoms with Gasteiger partial charge in [0, 0.05) is 24.3 Å². The molecule has 1 atom stereocenters. The Kier molecular flexibility index (Phi) is 5.52. The van der Waals surface area contributed by atoms with Crippen LogP contribution in [0.15, 0.2) is 24.0 Å². The molecule has 0 bridgehead atoms. The van der Waals surface area contributed by atoms with Crippen molar-refractivity contribution in [2.45, 2.75) is 32.4 Å². The van der Waals surface area contributed by atoms with Crippen LogP contribution in [0.3, 0.4) is 0 Å². The fraction of sp³-hybridized carbons (Fsp3) is 0.375. The van der Waals surface area contributed by atoms with Crippen molar-refractivity contribution in [3.05, 3.63) is 29.7 Å². The van der Waals surface area contributed by atoms with Gasteiger partial charge in [-0.1, -0.05) is 6.92 Å². The number of hydrogen-bond donors (Lipinski definition) is 2. The number of aromatic nitrogens is 3. The zero-order valence-corrected chi connectivity index (χ0v) is 15.0. The molecule has 9 nitrogen and oxygen atoms in total. The lowest BCUT2D eigenvalue weighted by molar-refractivity contribution is -0.130. The van der Waals surface area contributed by atoms with Crippen LogP contribution in [0.4, 0.5) is 4.79 Å². The Morgan fingerprint density at radius 3 is 2.96 bits per heavy atom. The van der Waals surface area contributed by atoms with Gasteiger partial charge in [-0.25, -0.2) is 9.78 Å². The van der Waals surface area contributed by atoms with Gasteiger partial charge in [0.15, 0.2) is 0 Å². The highest BCUT2D eigenvalue weighted by Gasteiger charge is 2.38. The molecule has 1 saturated heterocycles. The molecule has 0 aliphatic carbocycles. The number of carbonyl (C=O) groups is 3. The molecule has 3 rings (SSSR count). The Morgan fingerprint density at radius 2 is 2.23 bits per heavy atom. The molecule has 0 unspecified atom stereocenters. The molecule has 1 aliphatic rings. The molecule has 0 aromatic carbocycles. The van der Waals surface area contributed by atoms with Crippen molar-refractivity contribution in [1.29, 1.82) is 0 Å². The van der Waals surface area contributed by atoms with Gasteiger partial charge >= 0.3 is 6.03 Å². The zero-order chi connectivity index (χ0) is 18.5. The Hall–Kier alpha value is -2.88. The van der Waals surface area contributed by atoms with Crippen molar-refractivity contribution in [1.82, 2.24) is 30.5 Å². The van der Waals surface area contributed by atoms with Crippen molar-refractivity contribution >= 4 is 29.2 Å². The zero-order valence-electron chi connectivity index (χ0n) is 14.1. The van der Waals surface area contributed by atoms with Gasteiger partial charge in [0.2, 0.25) is 5.91 Å². The Morgan fingerprint density at radius 1 is 1.38 bits per heavy atom. The summed E-state index contributed by atoms with van der Waals surface area (Å²) >= 11 is 1.41. The third-order valence-electron chi connectivity index (χ3n) is 3.74. The maximum Gasteiger partial charge on any atom is 0.324 e. The second-order valence-corrected chi connectivity index (χ2v) is 6.57. The van der Waals surface area contributed by atoms with Gasteiger partial charge in [-0.05, 0) is 6.42 Å². The van der Waals surface area contributed by atoms with E-state index >= 15 is 0 Å². The number of nitrogens with zero attached hydrogens (tertiary/aromatic N) is 4. The van der Waals surface area contributed by atoms with Crippen LogP contribution >= 0.6 is 11.3 Å². The van der Waals surface area contributed by atoms with E-state index in [-0.39, 0.29) is 24.8 Å². The first-order valence-electron chi connectivity index (χ1n) is 8.18. The van der Waals surface area contributed by atoms with Crippen molar-refractivity contribution in [2.75, 3.05) is 6.54 Å². The third kappa shape index (κ3) is 4.02. The van der Waals surface area contributed by atoms with Crippen LogP contribution in [0, 0.1) is 0 Å². The van der Waals surface area contributed by atoms with Crippen LogP contribution in [-0.4, -0.2) is 50.3 Å². The molecule has 2 N–H and O–H groups in total. The Bertz CT molecular complexity index is 809. The van der Waals surface area contributed by atoms with Crippen LogP contribution in [0.25, 0.3) is 10.7 Å². The monoisotopic (exact) mass is 374 g/mol. The summed E-state index contributed by atoms with van der Waals surface area (Å²) in [5, 5.41) is 7.81. The molecule has 0 spiro atoms. The summed E-state index contributed by atoms with van der Waals surface area (Å²) in [6, 6.07) is -1.25. The van der Waals surface area contributed by atoms with Crippen molar-refractivity contribution < 1.29 is 14.4 Å². The Labute approximate surface area is 153 Å². The van der Waals surface area contributed by atoms with E-state index in [0.29, 0.717) is 24.4 Å². The van der Waals surface area contributed by atoms with Gasteiger partial charge in [0.1, 0.15) is 16.7 Å². The summed E-state index contributed by atoms with van der Waals surface area (Å²) in [4.78, 5) is 49.7. The number of carbonyl (C=O) groups excluding carboxylic acids is 3. The number of imide groups is 1. The van der Waals surface area contributed by atoms with Crippen LogP contribution < -0.4 is 10.6 Å². The van der Waals surface area contributed by atoms with E-state index in [1.807, 2.05) is 12.3 Å². The van der Waals surface area contributed by atoms with E-state index in [1.54, 1.807) is 18.6 Å². The summed E-state index contributed by atoms with van der Waals surface area (Å²) in [7, 11) is 0. The largest absolute Gasteiger partial charge is 0.350 e. The molecule has 1 aliphatic heterocycles. The Balaban J connectivity index is 1.51. The molecule has 0 radical (unpaired) electrons. The number of urea groups is 1. The van der Waals surface area contributed by atoms with Crippen LogP contribution in [-0.2, 0) is 16.1 Å². The summed E-state index contributed by atoms with van der Waals surface area (Å²) in [6.07, 6.45) is 5.38. The number of nitrogens with one attached hydrogen (secondary N) is 2. The first-order chi connectivity index (χ1) is 12.6. The molecule has 26 heavy (non-hydrogen) atoms. The van der Waals surface area contributed by atoms with E-state index in [0.717, 1.165) is 9.91 Å². The average molecular weight is 374 g/mol. The summed E-state index contributed by atoms with van der Waals surface area (Å²) in [5.74, 6) is -0.679. The molecule has 2 aromatic heterocycles. The molecule has 4 amide bonds. The third-order valence-corrected chi connectivity index (χ3v) is 4.66. The quantitative estimate of drug-likeness (QED) is 0.697. The molecular weight excluding hydrogens is 356 g/mol. The lowest BCUT2D eigenvalue weighted by atomic mass is 10.2. The van der Waals surface area contributed by atoms with E-state index in [9.17, 15) is 14.4 Å². The highest BCUT2D eigenvalue weighted by atomic mass is 32.1. The first-order valence-corrected chi connectivity index (χ1v) is 9.05. The maximum atomic E-state index is 12.1.